The van der Waals surface area contributed by atoms with Gasteiger partial charge in [0.15, 0.2) is 5.70 Å². The van der Waals surface area contributed by atoms with Gasteiger partial charge in [-0.2, -0.15) is 0 Å². The predicted octanol–water partition coefficient (Wildman–Crippen LogP) is 6.35. The molecule has 0 saturated heterocycles. The van der Waals surface area contributed by atoms with Gasteiger partial charge in [0.05, 0.1) is 5.52 Å². The number of carbonyl (C=O) groups is 1. The molecule has 0 N–H and O–H groups in total. The van der Waals surface area contributed by atoms with Crippen LogP contribution >= 0.6 is 11.8 Å². The van der Waals surface area contributed by atoms with Crippen molar-refractivity contribution in [3.8, 4) is 0 Å². The van der Waals surface area contributed by atoms with Crippen LogP contribution in [0, 0.1) is 13.8 Å². The molecule has 1 aliphatic rings. The maximum atomic E-state index is 12.6. The van der Waals surface area contributed by atoms with Gasteiger partial charge in [-0.3, -0.25) is 0 Å². The van der Waals surface area contributed by atoms with E-state index in [-0.39, 0.29) is 5.70 Å². The molecule has 1 aromatic heterocycles. The lowest BCUT2D eigenvalue weighted by Gasteiger charge is -2.08. The van der Waals surface area contributed by atoms with E-state index >= 15 is 0 Å². The summed E-state index contributed by atoms with van der Waals surface area (Å²) in [6.07, 6.45) is 1.76. The molecule has 0 spiro atoms. The quantitative estimate of drug-likeness (QED) is 0.276. The van der Waals surface area contributed by atoms with E-state index < -0.39 is 5.97 Å². The molecule has 0 saturated carbocycles. The fraction of sp³-hybridized carbons (Fsp3) is 0.0741. The summed E-state index contributed by atoms with van der Waals surface area (Å²) < 4.78 is 5.46. The van der Waals surface area contributed by atoms with Crippen molar-refractivity contribution in [3.63, 3.8) is 0 Å². The molecule has 2 heterocycles. The number of hydrogen-bond acceptors (Lipinski definition) is 5. The summed E-state index contributed by atoms with van der Waals surface area (Å²) in [5.74, 6) is -0.132. The number of benzene rings is 3. The number of carbonyl (C=O) groups excluding carboxylic acids is 1. The van der Waals surface area contributed by atoms with Crippen LogP contribution in [0.25, 0.3) is 17.0 Å². The van der Waals surface area contributed by atoms with Gasteiger partial charge < -0.3 is 4.74 Å². The second-order valence-electron chi connectivity index (χ2n) is 7.70. The van der Waals surface area contributed by atoms with E-state index in [1.807, 2.05) is 61.5 Å². The summed E-state index contributed by atoms with van der Waals surface area (Å²) in [7, 11) is 0. The molecule has 0 bridgehead atoms. The Kier molecular flexibility index (Phi) is 5.33. The van der Waals surface area contributed by atoms with Gasteiger partial charge in [-0.25, -0.2) is 14.8 Å². The predicted molar refractivity (Wildman–Crippen MR) is 129 cm³/mol. The Hall–Kier alpha value is -3.70. The van der Waals surface area contributed by atoms with Gasteiger partial charge in [-0.1, -0.05) is 65.4 Å². The third-order valence-corrected chi connectivity index (χ3v) is 6.16. The Labute approximate surface area is 190 Å². The minimum atomic E-state index is -0.457. The molecule has 0 atom stereocenters. The zero-order valence-electron chi connectivity index (χ0n) is 17.7. The minimum Gasteiger partial charge on any atom is -0.402 e. The molecule has 1 aliphatic heterocycles. The average Bonchev–Trinajstić information content (AvgIpc) is 3.16. The van der Waals surface area contributed by atoms with E-state index in [1.54, 1.807) is 17.8 Å². The first-order valence-corrected chi connectivity index (χ1v) is 11.1. The lowest BCUT2D eigenvalue weighted by atomic mass is 10.1. The molecule has 3 aromatic carbocycles. The second kappa shape index (κ2) is 8.44. The standard InChI is InChI=1S/C27H20N2O2S/c1-17-10-12-22(13-11-17)32-26-21(15-19-7-3-4-9-23(19)29-26)16-24-27(30)31-25(28-24)20-8-5-6-18(2)14-20/h3-16H,1-2H3. The zero-order valence-corrected chi connectivity index (χ0v) is 18.5. The highest BCUT2D eigenvalue weighted by atomic mass is 32.2. The van der Waals surface area contributed by atoms with E-state index in [0.29, 0.717) is 5.90 Å². The number of cyclic esters (lactones) is 1. The molecular weight excluding hydrogens is 416 g/mol. The Bertz CT molecular complexity index is 1410. The van der Waals surface area contributed by atoms with Crippen LogP contribution in [0.3, 0.4) is 0 Å². The van der Waals surface area contributed by atoms with Crippen molar-refractivity contribution in [2.45, 2.75) is 23.8 Å². The molecule has 5 rings (SSSR count). The number of nitrogens with zero attached hydrogens (tertiary/aromatic N) is 2. The Balaban J connectivity index is 1.58. The van der Waals surface area contributed by atoms with Gasteiger partial charge in [0, 0.05) is 21.4 Å². The molecule has 0 fully saturated rings. The molecule has 5 heteroatoms. The number of rotatable bonds is 4. The van der Waals surface area contributed by atoms with Gasteiger partial charge in [-0.15, -0.1) is 0 Å². The van der Waals surface area contributed by atoms with Crippen molar-refractivity contribution in [1.29, 1.82) is 0 Å². The summed E-state index contributed by atoms with van der Waals surface area (Å²) in [6.45, 7) is 4.06. The number of ether oxygens (including phenoxy) is 1. The van der Waals surface area contributed by atoms with Crippen LogP contribution in [0.5, 0.6) is 0 Å². The molecule has 156 valence electrons. The Morgan fingerprint density at radius 1 is 0.875 bits per heavy atom. The van der Waals surface area contributed by atoms with Crippen LogP contribution in [0.4, 0.5) is 0 Å². The number of fused-ring (bicyclic) bond motifs is 1. The van der Waals surface area contributed by atoms with Gasteiger partial charge in [0.1, 0.15) is 5.03 Å². The van der Waals surface area contributed by atoms with Crippen LogP contribution in [0.2, 0.25) is 0 Å². The molecule has 0 aliphatic carbocycles. The smallest absolute Gasteiger partial charge is 0.363 e. The maximum absolute atomic E-state index is 12.6. The molecule has 0 unspecified atom stereocenters. The van der Waals surface area contributed by atoms with Crippen molar-refractivity contribution in [1.82, 2.24) is 4.98 Å². The maximum Gasteiger partial charge on any atom is 0.363 e. The molecule has 0 amide bonds. The van der Waals surface area contributed by atoms with Crippen LogP contribution in [-0.2, 0) is 9.53 Å². The summed E-state index contributed by atoms with van der Waals surface area (Å²) >= 11 is 1.57. The Morgan fingerprint density at radius 2 is 1.69 bits per heavy atom. The fourth-order valence-electron chi connectivity index (χ4n) is 3.48. The number of esters is 1. The molecule has 32 heavy (non-hydrogen) atoms. The number of aryl methyl sites for hydroxylation is 2. The topological polar surface area (TPSA) is 51.6 Å². The normalized spacial score (nSPS) is 14.6. The highest BCUT2D eigenvalue weighted by molar-refractivity contribution is 7.99. The average molecular weight is 437 g/mol. The van der Waals surface area contributed by atoms with E-state index in [9.17, 15) is 4.79 Å². The summed E-state index contributed by atoms with van der Waals surface area (Å²) in [4.78, 5) is 23.0. The number of hydrogen-bond donors (Lipinski definition) is 0. The van der Waals surface area contributed by atoms with E-state index in [4.69, 9.17) is 9.72 Å². The minimum absolute atomic E-state index is 0.268. The summed E-state index contributed by atoms with van der Waals surface area (Å²) in [6, 6.07) is 26.1. The monoisotopic (exact) mass is 436 g/mol. The van der Waals surface area contributed by atoms with Crippen molar-refractivity contribution in [2.24, 2.45) is 4.99 Å². The summed E-state index contributed by atoms with van der Waals surface area (Å²) in [5.41, 5.74) is 5.07. The second-order valence-corrected chi connectivity index (χ2v) is 8.76. The van der Waals surface area contributed by atoms with E-state index in [0.717, 1.165) is 37.5 Å². The van der Waals surface area contributed by atoms with Crippen LogP contribution in [0.15, 0.2) is 99.5 Å². The van der Waals surface area contributed by atoms with Gasteiger partial charge in [0.25, 0.3) is 0 Å². The summed E-state index contributed by atoms with van der Waals surface area (Å²) in [5, 5.41) is 1.81. The van der Waals surface area contributed by atoms with E-state index in [1.165, 1.54) is 5.56 Å². The zero-order chi connectivity index (χ0) is 22.1. The molecule has 4 nitrogen and oxygen atoms in total. The SMILES string of the molecule is Cc1ccc(Sc2nc3ccccc3cc2C=C2N=C(c3cccc(C)c3)OC2=O)cc1. The van der Waals surface area contributed by atoms with Gasteiger partial charge >= 0.3 is 5.97 Å². The number of para-hydroxylation sites is 1. The van der Waals surface area contributed by atoms with E-state index in [2.05, 4.69) is 36.2 Å². The third kappa shape index (κ3) is 4.20. The van der Waals surface area contributed by atoms with Crippen LogP contribution in [-0.4, -0.2) is 16.9 Å². The first kappa shape index (κ1) is 20.2. The Morgan fingerprint density at radius 3 is 2.50 bits per heavy atom. The highest BCUT2D eigenvalue weighted by Crippen LogP contribution is 2.33. The van der Waals surface area contributed by atoms with Crippen LogP contribution in [0.1, 0.15) is 22.3 Å². The number of aromatic nitrogens is 1. The molecular formula is C27H20N2O2S. The fourth-order valence-corrected chi connectivity index (χ4v) is 4.35. The lowest BCUT2D eigenvalue weighted by Crippen LogP contribution is -2.05. The van der Waals surface area contributed by atoms with Crippen LogP contribution < -0.4 is 0 Å². The van der Waals surface area contributed by atoms with Gasteiger partial charge in [0.2, 0.25) is 5.90 Å². The molecule has 0 radical (unpaired) electrons. The highest BCUT2D eigenvalue weighted by Gasteiger charge is 2.25. The number of pyridine rings is 1. The molecule has 4 aromatic rings. The van der Waals surface area contributed by atoms with Crippen molar-refractivity contribution >= 4 is 40.6 Å². The van der Waals surface area contributed by atoms with Crippen molar-refractivity contribution in [3.05, 3.63) is 107 Å². The number of aliphatic imine (C=N–C) groups is 1. The first-order valence-electron chi connectivity index (χ1n) is 10.3. The lowest BCUT2D eigenvalue weighted by molar-refractivity contribution is -0.129. The van der Waals surface area contributed by atoms with Crippen molar-refractivity contribution < 1.29 is 9.53 Å². The van der Waals surface area contributed by atoms with Crippen molar-refractivity contribution in [2.75, 3.05) is 0 Å². The largest absolute Gasteiger partial charge is 0.402 e. The third-order valence-electron chi connectivity index (χ3n) is 5.13. The first-order chi connectivity index (χ1) is 15.5. The van der Waals surface area contributed by atoms with Gasteiger partial charge in [-0.05, 0) is 56.3 Å².